The van der Waals surface area contributed by atoms with Crippen LogP contribution in [0.15, 0.2) is 22.7 Å². The van der Waals surface area contributed by atoms with Crippen molar-refractivity contribution in [2.24, 2.45) is 5.73 Å². The molecular formula is C19H24N4O4. The van der Waals surface area contributed by atoms with Gasteiger partial charge in [-0.3, -0.25) is 9.59 Å². The molecule has 0 aromatic carbocycles. The minimum atomic E-state index is -0.474. The van der Waals surface area contributed by atoms with E-state index in [1.807, 2.05) is 32.0 Å². The molecule has 144 valence electrons. The Hall–Kier alpha value is -2.74. The molecule has 1 saturated heterocycles. The number of hydrogen-bond acceptors (Lipinski definition) is 6. The van der Waals surface area contributed by atoms with E-state index in [0.29, 0.717) is 19.7 Å². The van der Waals surface area contributed by atoms with Gasteiger partial charge in [-0.25, -0.2) is 4.98 Å². The van der Waals surface area contributed by atoms with Crippen molar-refractivity contribution in [1.82, 2.24) is 15.0 Å². The maximum Gasteiger partial charge on any atom is 0.223 e. The van der Waals surface area contributed by atoms with E-state index in [0.717, 1.165) is 34.8 Å². The Morgan fingerprint density at radius 2 is 2.15 bits per heavy atom. The van der Waals surface area contributed by atoms with Gasteiger partial charge in [0, 0.05) is 25.8 Å². The van der Waals surface area contributed by atoms with Crippen LogP contribution in [0.3, 0.4) is 0 Å². The summed E-state index contributed by atoms with van der Waals surface area (Å²) >= 11 is 0. The number of primary amides is 1. The number of hydrogen-bond donors (Lipinski definition) is 1. The highest BCUT2D eigenvalue weighted by atomic mass is 16.5. The van der Waals surface area contributed by atoms with Crippen molar-refractivity contribution in [1.29, 1.82) is 0 Å². The molecule has 3 rings (SSSR count). The summed E-state index contributed by atoms with van der Waals surface area (Å²) in [5.74, 6) is 0.227. The van der Waals surface area contributed by atoms with Gasteiger partial charge in [-0.15, -0.1) is 0 Å². The summed E-state index contributed by atoms with van der Waals surface area (Å²) in [6.45, 7) is 5.22. The summed E-state index contributed by atoms with van der Waals surface area (Å²) in [6.07, 6.45) is 0.585. The Labute approximate surface area is 157 Å². The van der Waals surface area contributed by atoms with Crippen LogP contribution in [-0.2, 0) is 20.7 Å². The van der Waals surface area contributed by atoms with Crippen LogP contribution in [0.25, 0.3) is 11.3 Å². The summed E-state index contributed by atoms with van der Waals surface area (Å²) in [5, 5.41) is 4.04. The average molecular weight is 372 g/mol. The second-order valence-corrected chi connectivity index (χ2v) is 6.53. The number of nitrogens with zero attached hydrogens (tertiary/aromatic N) is 3. The molecule has 0 spiro atoms. The molecule has 1 atom stereocenters. The SMILES string of the molecule is CCc1onc(C)c1-c1cccc([C@H]2CN(C(=O)CCC(N)=O)CCO2)n1. The van der Waals surface area contributed by atoms with Crippen LogP contribution >= 0.6 is 0 Å². The summed E-state index contributed by atoms with van der Waals surface area (Å²) in [6, 6.07) is 5.72. The van der Waals surface area contributed by atoms with Gasteiger partial charge in [-0.1, -0.05) is 18.1 Å². The molecule has 8 heteroatoms. The Balaban J connectivity index is 1.77. The molecule has 1 aliphatic rings. The Morgan fingerprint density at radius 3 is 2.89 bits per heavy atom. The monoisotopic (exact) mass is 372 g/mol. The number of carbonyl (C=O) groups excluding carboxylic acids is 2. The van der Waals surface area contributed by atoms with Crippen LogP contribution in [-0.4, -0.2) is 46.6 Å². The second kappa shape index (κ2) is 8.30. The number of aromatic nitrogens is 2. The zero-order valence-corrected chi connectivity index (χ0v) is 15.6. The fourth-order valence-corrected chi connectivity index (χ4v) is 3.20. The molecule has 1 fully saturated rings. The highest BCUT2D eigenvalue weighted by molar-refractivity contribution is 5.83. The Bertz CT molecular complexity index is 833. The van der Waals surface area contributed by atoms with Gasteiger partial charge >= 0.3 is 0 Å². The van der Waals surface area contributed by atoms with Crippen molar-refractivity contribution >= 4 is 11.8 Å². The molecular weight excluding hydrogens is 348 g/mol. The number of ether oxygens (including phenoxy) is 1. The third-order valence-electron chi connectivity index (χ3n) is 4.62. The van der Waals surface area contributed by atoms with E-state index in [-0.39, 0.29) is 24.9 Å². The van der Waals surface area contributed by atoms with E-state index < -0.39 is 5.91 Å². The maximum absolute atomic E-state index is 12.3. The zero-order chi connectivity index (χ0) is 19.4. The van der Waals surface area contributed by atoms with Crippen molar-refractivity contribution in [3.63, 3.8) is 0 Å². The van der Waals surface area contributed by atoms with Crippen molar-refractivity contribution in [3.05, 3.63) is 35.3 Å². The third kappa shape index (κ3) is 4.33. The van der Waals surface area contributed by atoms with E-state index in [2.05, 4.69) is 5.16 Å². The number of pyridine rings is 1. The Morgan fingerprint density at radius 1 is 1.33 bits per heavy atom. The predicted molar refractivity (Wildman–Crippen MR) is 97.6 cm³/mol. The highest BCUT2D eigenvalue weighted by Crippen LogP contribution is 2.29. The first-order valence-corrected chi connectivity index (χ1v) is 9.09. The molecule has 2 aromatic heterocycles. The molecule has 2 N–H and O–H groups in total. The van der Waals surface area contributed by atoms with Gasteiger partial charge < -0.3 is 19.9 Å². The van der Waals surface area contributed by atoms with Crippen LogP contribution in [0.2, 0.25) is 0 Å². The number of rotatable bonds is 6. The molecule has 8 nitrogen and oxygen atoms in total. The first-order chi connectivity index (χ1) is 13.0. The van der Waals surface area contributed by atoms with Gasteiger partial charge in [-0.2, -0.15) is 0 Å². The van der Waals surface area contributed by atoms with Gasteiger partial charge in [0.1, 0.15) is 11.9 Å². The van der Waals surface area contributed by atoms with E-state index in [1.54, 1.807) is 4.90 Å². The number of nitrogens with two attached hydrogens (primary N) is 1. The third-order valence-corrected chi connectivity index (χ3v) is 4.62. The number of morpholine rings is 1. The molecule has 0 aliphatic carbocycles. The summed E-state index contributed by atoms with van der Waals surface area (Å²) in [4.78, 5) is 29.6. The zero-order valence-electron chi connectivity index (χ0n) is 15.6. The molecule has 0 saturated carbocycles. The quantitative estimate of drug-likeness (QED) is 0.827. The fourth-order valence-electron chi connectivity index (χ4n) is 3.20. The van der Waals surface area contributed by atoms with E-state index in [1.165, 1.54) is 0 Å². The second-order valence-electron chi connectivity index (χ2n) is 6.53. The first kappa shape index (κ1) is 19.0. The van der Waals surface area contributed by atoms with Crippen LogP contribution in [0.1, 0.15) is 43.0 Å². The number of carbonyl (C=O) groups is 2. The summed E-state index contributed by atoms with van der Waals surface area (Å²) < 4.78 is 11.2. The van der Waals surface area contributed by atoms with Gasteiger partial charge in [0.25, 0.3) is 0 Å². The van der Waals surface area contributed by atoms with Gasteiger partial charge in [0.05, 0.1) is 35.8 Å². The van der Waals surface area contributed by atoms with E-state index in [9.17, 15) is 9.59 Å². The average Bonchev–Trinajstić information content (AvgIpc) is 3.07. The minimum absolute atomic E-state index is 0.0567. The molecule has 2 amide bonds. The fraction of sp³-hybridized carbons (Fsp3) is 0.474. The van der Waals surface area contributed by atoms with Crippen LogP contribution in [0.5, 0.6) is 0 Å². The minimum Gasteiger partial charge on any atom is -0.370 e. The molecule has 3 heterocycles. The lowest BCUT2D eigenvalue weighted by Gasteiger charge is -2.32. The highest BCUT2D eigenvalue weighted by Gasteiger charge is 2.27. The predicted octanol–water partition coefficient (Wildman–Crippen LogP) is 1.77. The topological polar surface area (TPSA) is 112 Å². The lowest BCUT2D eigenvalue weighted by atomic mass is 10.1. The number of amides is 2. The van der Waals surface area contributed by atoms with Crippen LogP contribution in [0.4, 0.5) is 0 Å². The van der Waals surface area contributed by atoms with Crippen molar-refractivity contribution in [2.75, 3.05) is 19.7 Å². The summed E-state index contributed by atoms with van der Waals surface area (Å²) in [5.41, 5.74) is 8.37. The van der Waals surface area contributed by atoms with E-state index >= 15 is 0 Å². The lowest BCUT2D eigenvalue weighted by molar-refractivity contribution is -0.140. The van der Waals surface area contributed by atoms with Gasteiger partial charge in [0.2, 0.25) is 11.8 Å². The molecule has 1 aliphatic heterocycles. The van der Waals surface area contributed by atoms with Gasteiger partial charge in [0.15, 0.2) is 0 Å². The van der Waals surface area contributed by atoms with E-state index in [4.69, 9.17) is 20.0 Å². The lowest BCUT2D eigenvalue weighted by Crippen LogP contribution is -2.42. The molecule has 0 radical (unpaired) electrons. The number of aryl methyl sites for hydroxylation is 2. The van der Waals surface area contributed by atoms with Crippen molar-refractivity contribution in [2.45, 2.75) is 39.2 Å². The standard InChI is InChI=1S/C19H24N4O4/c1-3-15-19(12(2)22-27-15)14-6-4-5-13(21-14)16-11-23(9-10-26-16)18(25)8-7-17(20)24/h4-6,16H,3,7-11H2,1-2H3,(H2,20,24)/t16-/m1/s1. The van der Waals surface area contributed by atoms with Crippen molar-refractivity contribution in [3.8, 4) is 11.3 Å². The first-order valence-electron chi connectivity index (χ1n) is 9.09. The molecule has 2 aromatic rings. The molecule has 0 bridgehead atoms. The molecule has 27 heavy (non-hydrogen) atoms. The van der Waals surface area contributed by atoms with Crippen LogP contribution in [0, 0.1) is 6.92 Å². The normalized spacial score (nSPS) is 17.1. The largest absolute Gasteiger partial charge is 0.370 e. The smallest absolute Gasteiger partial charge is 0.223 e. The summed E-state index contributed by atoms with van der Waals surface area (Å²) in [7, 11) is 0. The van der Waals surface area contributed by atoms with Crippen LogP contribution < -0.4 is 5.73 Å². The Kier molecular flexibility index (Phi) is 5.85. The molecule has 0 unspecified atom stereocenters. The van der Waals surface area contributed by atoms with Crippen molar-refractivity contribution < 1.29 is 18.8 Å². The van der Waals surface area contributed by atoms with Gasteiger partial charge in [-0.05, 0) is 19.1 Å². The maximum atomic E-state index is 12.3.